The van der Waals surface area contributed by atoms with E-state index in [2.05, 4.69) is 33.1 Å². The number of nitrogens with one attached hydrogen (secondary N) is 1. The molecule has 0 spiro atoms. The second kappa shape index (κ2) is 10.0. The number of methoxy groups -OCH3 is 1. The molecule has 0 bridgehead atoms. The van der Waals surface area contributed by atoms with Gasteiger partial charge in [0.25, 0.3) is 5.69 Å². The number of hydrogen-bond acceptors (Lipinski definition) is 6. The van der Waals surface area contributed by atoms with Gasteiger partial charge in [-0.3, -0.25) is 14.9 Å². The van der Waals surface area contributed by atoms with E-state index in [9.17, 15) is 14.9 Å². The Morgan fingerprint density at radius 3 is 2.71 bits per heavy atom. The van der Waals surface area contributed by atoms with Crippen LogP contribution < -0.4 is 14.9 Å². The van der Waals surface area contributed by atoms with Gasteiger partial charge >= 0.3 is 0 Å². The summed E-state index contributed by atoms with van der Waals surface area (Å²) in [6, 6.07) is 9.70. The highest BCUT2D eigenvalue weighted by molar-refractivity contribution is 14.1. The Morgan fingerprint density at radius 2 is 2.07 bits per heavy atom. The van der Waals surface area contributed by atoms with E-state index < -0.39 is 10.8 Å². The molecule has 148 valence electrons. The van der Waals surface area contributed by atoms with Crippen molar-refractivity contribution >= 4 is 40.4 Å². The molecule has 28 heavy (non-hydrogen) atoms. The standard InChI is InChI=1S/C19H20IN3O5/c1-12(2)28-19-15(20)8-13(9-17(19)27-3)11-21-22-18(24)10-14-6-4-5-7-16(14)23(25)26/h4-9,11-12H,10H2,1-3H3,(H,22,24)/b21-11+. The fourth-order valence-electron chi connectivity index (χ4n) is 2.39. The number of halogens is 1. The zero-order valence-corrected chi connectivity index (χ0v) is 17.8. The molecular weight excluding hydrogens is 477 g/mol. The van der Waals surface area contributed by atoms with Gasteiger partial charge in [-0.15, -0.1) is 0 Å². The highest BCUT2D eigenvalue weighted by Gasteiger charge is 2.15. The number of nitro benzene ring substituents is 1. The van der Waals surface area contributed by atoms with Gasteiger partial charge in [0.05, 0.1) is 34.3 Å². The molecule has 0 heterocycles. The molecule has 8 nitrogen and oxygen atoms in total. The van der Waals surface area contributed by atoms with Crippen LogP contribution in [0, 0.1) is 13.7 Å². The number of carbonyl (C=O) groups excluding carboxylic acids is 1. The Labute approximate surface area is 176 Å². The van der Waals surface area contributed by atoms with Crippen LogP contribution in [-0.2, 0) is 11.2 Å². The number of rotatable bonds is 8. The lowest BCUT2D eigenvalue weighted by molar-refractivity contribution is -0.385. The van der Waals surface area contributed by atoms with Crippen LogP contribution >= 0.6 is 22.6 Å². The predicted molar refractivity (Wildman–Crippen MR) is 114 cm³/mol. The first-order valence-electron chi connectivity index (χ1n) is 8.40. The Bertz CT molecular complexity index is 899. The normalized spacial score (nSPS) is 10.9. The summed E-state index contributed by atoms with van der Waals surface area (Å²) in [5, 5.41) is 14.9. The van der Waals surface area contributed by atoms with Gasteiger partial charge in [0.15, 0.2) is 11.5 Å². The quantitative estimate of drug-likeness (QED) is 0.260. The third-order valence-corrected chi connectivity index (χ3v) is 4.35. The summed E-state index contributed by atoms with van der Waals surface area (Å²) >= 11 is 2.14. The van der Waals surface area contributed by atoms with Crippen molar-refractivity contribution in [3.63, 3.8) is 0 Å². The van der Waals surface area contributed by atoms with E-state index in [0.29, 0.717) is 22.6 Å². The van der Waals surface area contributed by atoms with Gasteiger partial charge in [0, 0.05) is 11.6 Å². The zero-order chi connectivity index (χ0) is 20.7. The first kappa shape index (κ1) is 21.6. The third-order valence-electron chi connectivity index (χ3n) is 3.55. The van der Waals surface area contributed by atoms with Crippen LogP contribution in [0.15, 0.2) is 41.5 Å². The first-order valence-corrected chi connectivity index (χ1v) is 9.48. The highest BCUT2D eigenvalue weighted by Crippen LogP contribution is 2.34. The van der Waals surface area contributed by atoms with Gasteiger partial charge in [-0.25, -0.2) is 5.43 Å². The molecule has 2 rings (SSSR count). The van der Waals surface area contributed by atoms with Crippen molar-refractivity contribution in [2.45, 2.75) is 26.4 Å². The van der Waals surface area contributed by atoms with Gasteiger partial charge in [-0.1, -0.05) is 18.2 Å². The van der Waals surface area contributed by atoms with Gasteiger partial charge < -0.3 is 9.47 Å². The van der Waals surface area contributed by atoms with Gasteiger partial charge in [-0.2, -0.15) is 5.10 Å². The summed E-state index contributed by atoms with van der Waals surface area (Å²) in [5.74, 6) is 0.760. The summed E-state index contributed by atoms with van der Waals surface area (Å²) < 4.78 is 12.0. The molecule has 0 saturated heterocycles. The molecule has 0 aromatic heterocycles. The van der Waals surface area contributed by atoms with Crippen LogP contribution in [0.2, 0.25) is 0 Å². The summed E-state index contributed by atoms with van der Waals surface area (Å²) in [7, 11) is 1.55. The number of nitrogens with zero attached hydrogens (tertiary/aromatic N) is 2. The van der Waals surface area contributed by atoms with Crippen LogP contribution in [-0.4, -0.2) is 30.3 Å². The molecular formula is C19H20IN3O5. The van der Waals surface area contributed by atoms with Crippen molar-refractivity contribution in [1.29, 1.82) is 0 Å². The molecule has 0 fully saturated rings. The van der Waals surface area contributed by atoms with Gasteiger partial charge in [0.2, 0.25) is 5.91 Å². The molecule has 0 atom stereocenters. The number of ether oxygens (including phenoxy) is 2. The van der Waals surface area contributed by atoms with Crippen molar-refractivity contribution in [3.8, 4) is 11.5 Å². The summed E-state index contributed by atoms with van der Waals surface area (Å²) in [5.41, 5.74) is 3.32. The number of hydrazone groups is 1. The maximum absolute atomic E-state index is 12.0. The Morgan fingerprint density at radius 1 is 1.36 bits per heavy atom. The maximum atomic E-state index is 12.0. The number of carbonyl (C=O) groups is 1. The molecule has 2 aromatic rings. The largest absolute Gasteiger partial charge is 0.493 e. The van der Waals surface area contributed by atoms with Crippen molar-refractivity contribution in [2.24, 2.45) is 5.10 Å². The molecule has 0 aliphatic rings. The molecule has 0 saturated carbocycles. The number of nitro groups is 1. The summed E-state index contributed by atoms with van der Waals surface area (Å²) in [4.78, 5) is 22.5. The van der Waals surface area contributed by atoms with E-state index in [1.807, 2.05) is 19.9 Å². The number of amides is 1. The van der Waals surface area contributed by atoms with E-state index in [1.165, 1.54) is 12.3 Å². The second-order valence-corrected chi connectivity index (χ2v) is 7.22. The highest BCUT2D eigenvalue weighted by atomic mass is 127. The van der Waals surface area contributed by atoms with Crippen molar-refractivity contribution in [3.05, 3.63) is 61.2 Å². The van der Waals surface area contributed by atoms with Crippen LogP contribution in [0.5, 0.6) is 11.5 Å². The van der Waals surface area contributed by atoms with Gasteiger partial charge in [0.1, 0.15) is 0 Å². The molecule has 0 radical (unpaired) electrons. The van der Waals surface area contributed by atoms with E-state index >= 15 is 0 Å². The van der Waals surface area contributed by atoms with Crippen LogP contribution in [0.4, 0.5) is 5.69 Å². The fourth-order valence-corrected chi connectivity index (χ4v) is 3.15. The maximum Gasteiger partial charge on any atom is 0.273 e. The average Bonchev–Trinajstić information content (AvgIpc) is 2.63. The lowest BCUT2D eigenvalue weighted by Gasteiger charge is -2.15. The SMILES string of the molecule is COc1cc(/C=N/NC(=O)Cc2ccccc2[N+](=O)[O-])cc(I)c1OC(C)C. The van der Waals surface area contributed by atoms with Crippen LogP contribution in [0.3, 0.4) is 0 Å². The second-order valence-electron chi connectivity index (χ2n) is 6.06. The molecule has 1 amide bonds. The Hall–Kier alpha value is -2.69. The van der Waals surface area contributed by atoms with Crippen molar-refractivity contribution in [1.82, 2.24) is 5.43 Å². The zero-order valence-electron chi connectivity index (χ0n) is 15.6. The van der Waals surface area contributed by atoms with Crippen molar-refractivity contribution in [2.75, 3.05) is 7.11 Å². The summed E-state index contributed by atoms with van der Waals surface area (Å²) in [6.07, 6.45) is 1.33. The number of para-hydroxylation sites is 1. The molecule has 0 unspecified atom stereocenters. The topological polar surface area (TPSA) is 103 Å². The average molecular weight is 497 g/mol. The van der Waals surface area contributed by atoms with E-state index in [4.69, 9.17) is 9.47 Å². The molecule has 2 aromatic carbocycles. The molecule has 0 aliphatic carbocycles. The molecule has 9 heteroatoms. The molecule has 0 aliphatic heterocycles. The van der Waals surface area contributed by atoms with E-state index in [1.54, 1.807) is 31.4 Å². The number of hydrogen-bond donors (Lipinski definition) is 1. The van der Waals surface area contributed by atoms with E-state index in [0.717, 1.165) is 3.57 Å². The number of benzene rings is 2. The Kier molecular flexibility index (Phi) is 7.73. The minimum atomic E-state index is -0.513. The molecule has 1 N–H and O–H groups in total. The Balaban J connectivity index is 2.07. The summed E-state index contributed by atoms with van der Waals surface area (Å²) in [6.45, 7) is 3.86. The van der Waals surface area contributed by atoms with Gasteiger partial charge in [-0.05, 0) is 54.1 Å². The third kappa shape index (κ3) is 5.91. The van der Waals surface area contributed by atoms with E-state index in [-0.39, 0.29) is 18.2 Å². The van der Waals surface area contributed by atoms with Crippen LogP contribution in [0.1, 0.15) is 25.0 Å². The monoisotopic (exact) mass is 497 g/mol. The smallest absolute Gasteiger partial charge is 0.273 e. The predicted octanol–water partition coefficient (Wildman–Crippen LogP) is 3.69. The van der Waals surface area contributed by atoms with Crippen molar-refractivity contribution < 1.29 is 19.2 Å². The lowest BCUT2D eigenvalue weighted by atomic mass is 10.1. The fraction of sp³-hybridized carbons (Fsp3) is 0.263. The lowest BCUT2D eigenvalue weighted by Crippen LogP contribution is -2.20. The minimum absolute atomic E-state index is 0.00302. The minimum Gasteiger partial charge on any atom is -0.493 e. The first-order chi connectivity index (χ1) is 13.3. The van der Waals surface area contributed by atoms with Crippen LogP contribution in [0.25, 0.3) is 0 Å².